The summed E-state index contributed by atoms with van der Waals surface area (Å²) in [6.45, 7) is 1.70. The van der Waals surface area contributed by atoms with E-state index in [1.165, 1.54) is 18.9 Å². The molecule has 0 spiro atoms. The fourth-order valence-electron chi connectivity index (χ4n) is 1.11. The number of rotatable bonds is 5. The minimum absolute atomic E-state index is 0.00710. The predicted molar refractivity (Wildman–Crippen MR) is 55.4 cm³/mol. The van der Waals surface area contributed by atoms with Gasteiger partial charge in [-0.1, -0.05) is 0 Å². The van der Waals surface area contributed by atoms with Crippen molar-refractivity contribution >= 4 is 29.9 Å². The molecule has 0 aromatic rings. The van der Waals surface area contributed by atoms with Crippen molar-refractivity contribution in [1.82, 2.24) is 0 Å². The quantitative estimate of drug-likeness (QED) is 0.395. The summed E-state index contributed by atoms with van der Waals surface area (Å²) in [5.41, 5.74) is 0. The van der Waals surface area contributed by atoms with Crippen molar-refractivity contribution in [2.45, 2.75) is 31.4 Å². The lowest BCUT2D eigenvalue weighted by Crippen LogP contribution is -2.15. The molecule has 0 saturated heterocycles. The van der Waals surface area contributed by atoms with Gasteiger partial charge in [0.25, 0.3) is 0 Å². The lowest BCUT2D eigenvalue weighted by atomic mass is 10.1. The van der Waals surface area contributed by atoms with E-state index in [4.69, 9.17) is 4.74 Å². The van der Waals surface area contributed by atoms with Crippen LogP contribution in [0.5, 0.6) is 0 Å². The van der Waals surface area contributed by atoms with Gasteiger partial charge in [0.1, 0.15) is 5.78 Å². The number of hydrogen-bond acceptors (Lipinski definition) is 5. The van der Waals surface area contributed by atoms with Gasteiger partial charge in [-0.05, 0) is 18.4 Å². The van der Waals surface area contributed by atoms with Crippen LogP contribution < -0.4 is 0 Å². The van der Waals surface area contributed by atoms with Crippen LogP contribution in [0.2, 0.25) is 0 Å². The summed E-state index contributed by atoms with van der Waals surface area (Å²) in [6, 6.07) is 0. The average Bonchev–Trinajstić information content (AvgIpc) is 2.64. The molecule has 14 heavy (non-hydrogen) atoms. The molecule has 1 heterocycles. The van der Waals surface area contributed by atoms with E-state index < -0.39 is 0 Å². The van der Waals surface area contributed by atoms with Gasteiger partial charge in [-0.15, -0.1) is 0 Å². The zero-order chi connectivity index (χ0) is 10.4. The molecule has 1 rings (SSSR count). The summed E-state index contributed by atoms with van der Waals surface area (Å²) in [7, 11) is 0. The highest BCUT2D eigenvalue weighted by molar-refractivity contribution is 7.99. The third-order valence-corrected chi connectivity index (χ3v) is 2.79. The smallest absolute Gasteiger partial charge is 0.302 e. The van der Waals surface area contributed by atoms with Crippen LogP contribution in [0, 0.1) is 0 Å². The van der Waals surface area contributed by atoms with Gasteiger partial charge in [0.05, 0.1) is 11.9 Å². The molecule has 0 amide bonds. The highest BCUT2D eigenvalue weighted by Gasteiger charge is 2.20. The van der Waals surface area contributed by atoms with E-state index in [-0.39, 0.29) is 17.0 Å². The molecule has 0 N–H and O–H groups in total. The predicted octanol–water partition coefficient (Wildman–Crippen LogP) is 1.39. The Kier molecular flexibility index (Phi) is 4.65. The molecule has 5 heteroatoms. The Labute approximate surface area is 87.2 Å². The molecule has 0 aromatic heterocycles. The first-order valence-electron chi connectivity index (χ1n) is 4.54. The largest absolute Gasteiger partial charge is 0.466 e. The van der Waals surface area contributed by atoms with Crippen LogP contribution >= 0.6 is 11.9 Å². The Morgan fingerprint density at radius 1 is 1.64 bits per heavy atom. The number of carbonyl (C=O) groups excluding carboxylic acids is 2. The molecule has 78 valence electrons. The van der Waals surface area contributed by atoms with E-state index in [0.29, 0.717) is 19.4 Å². The first-order valence-corrected chi connectivity index (χ1v) is 5.37. The summed E-state index contributed by atoms with van der Waals surface area (Å²) in [6.07, 6.45) is 3.57. The van der Waals surface area contributed by atoms with Crippen LogP contribution in [0.25, 0.3) is 0 Å². The maximum absolute atomic E-state index is 11.4. The summed E-state index contributed by atoms with van der Waals surface area (Å²) in [4.78, 5) is 21.9. The van der Waals surface area contributed by atoms with E-state index in [1.54, 1.807) is 6.21 Å². The normalized spacial score (nSPS) is 19.6. The first kappa shape index (κ1) is 11.2. The number of carbonyl (C=O) groups is 2. The zero-order valence-corrected chi connectivity index (χ0v) is 8.88. The second-order valence-electron chi connectivity index (χ2n) is 3.03. The molecular weight excluding hydrogens is 202 g/mol. The van der Waals surface area contributed by atoms with Crippen molar-refractivity contribution in [2.75, 3.05) is 6.61 Å². The molecule has 0 aromatic carbocycles. The van der Waals surface area contributed by atoms with Crippen LogP contribution in [0.4, 0.5) is 0 Å². The minimum Gasteiger partial charge on any atom is -0.466 e. The summed E-state index contributed by atoms with van der Waals surface area (Å²) in [5, 5.41) is -0.00710. The number of ether oxygens (including phenoxy) is 1. The highest BCUT2D eigenvalue weighted by Crippen LogP contribution is 2.23. The topological polar surface area (TPSA) is 55.7 Å². The van der Waals surface area contributed by atoms with Gasteiger partial charge in [0, 0.05) is 26.0 Å². The van der Waals surface area contributed by atoms with Gasteiger partial charge < -0.3 is 4.74 Å². The Hall–Kier alpha value is -0.840. The average molecular weight is 215 g/mol. The van der Waals surface area contributed by atoms with E-state index in [2.05, 4.69) is 4.40 Å². The zero-order valence-electron chi connectivity index (χ0n) is 8.06. The molecular formula is C9H13NO3S. The van der Waals surface area contributed by atoms with E-state index in [9.17, 15) is 9.59 Å². The van der Waals surface area contributed by atoms with Crippen LogP contribution in [0.1, 0.15) is 26.2 Å². The number of Topliss-reactive ketones (excluding diaryl/α,β-unsaturated/α-hetero) is 1. The van der Waals surface area contributed by atoms with E-state index >= 15 is 0 Å². The van der Waals surface area contributed by atoms with E-state index in [1.807, 2.05) is 0 Å². The van der Waals surface area contributed by atoms with Crippen LogP contribution in [-0.2, 0) is 14.3 Å². The SMILES string of the molecule is CC(=O)OCCCC(=O)C1CC=NS1. The fraction of sp³-hybridized carbons (Fsp3) is 0.667. The number of esters is 1. The Morgan fingerprint density at radius 2 is 2.43 bits per heavy atom. The molecule has 0 bridgehead atoms. The Bertz CT molecular complexity index is 244. The molecule has 1 unspecified atom stereocenters. The lowest BCUT2D eigenvalue weighted by Gasteiger charge is -2.05. The van der Waals surface area contributed by atoms with Gasteiger partial charge in [0.15, 0.2) is 0 Å². The summed E-state index contributed by atoms with van der Waals surface area (Å²) in [5.74, 6) is -0.101. The van der Waals surface area contributed by atoms with Gasteiger partial charge in [-0.25, -0.2) is 4.40 Å². The molecule has 1 atom stereocenters. The third kappa shape index (κ3) is 3.91. The van der Waals surface area contributed by atoms with Crippen molar-refractivity contribution < 1.29 is 14.3 Å². The first-order chi connectivity index (χ1) is 6.70. The summed E-state index contributed by atoms with van der Waals surface area (Å²) >= 11 is 1.33. The fourth-order valence-corrected chi connectivity index (χ4v) is 1.84. The Morgan fingerprint density at radius 3 is 3.00 bits per heavy atom. The van der Waals surface area contributed by atoms with Gasteiger partial charge in [-0.2, -0.15) is 0 Å². The molecule has 1 aliphatic heterocycles. The number of hydrogen-bond donors (Lipinski definition) is 0. The lowest BCUT2D eigenvalue weighted by molar-refractivity contribution is -0.141. The standard InChI is InChI=1S/C9H13NO3S/c1-7(11)13-6-2-3-8(12)9-4-5-10-14-9/h5,9H,2-4,6H2,1H3. The maximum atomic E-state index is 11.4. The van der Waals surface area contributed by atoms with Crippen molar-refractivity contribution in [2.24, 2.45) is 4.40 Å². The molecule has 0 fully saturated rings. The maximum Gasteiger partial charge on any atom is 0.302 e. The molecule has 0 saturated carbocycles. The van der Waals surface area contributed by atoms with Crippen LogP contribution in [0.15, 0.2) is 4.40 Å². The molecule has 1 aliphatic rings. The monoisotopic (exact) mass is 215 g/mol. The minimum atomic E-state index is -0.295. The summed E-state index contributed by atoms with van der Waals surface area (Å²) < 4.78 is 8.65. The van der Waals surface area contributed by atoms with Crippen molar-refractivity contribution in [3.8, 4) is 0 Å². The van der Waals surface area contributed by atoms with Gasteiger partial charge in [0.2, 0.25) is 0 Å². The molecule has 4 nitrogen and oxygen atoms in total. The van der Waals surface area contributed by atoms with Crippen LogP contribution in [0.3, 0.4) is 0 Å². The molecule has 0 radical (unpaired) electrons. The third-order valence-electron chi connectivity index (χ3n) is 1.81. The van der Waals surface area contributed by atoms with Gasteiger partial charge in [-0.3, -0.25) is 9.59 Å². The van der Waals surface area contributed by atoms with Crippen molar-refractivity contribution in [1.29, 1.82) is 0 Å². The Balaban J connectivity index is 2.06. The van der Waals surface area contributed by atoms with Crippen LogP contribution in [-0.4, -0.2) is 29.8 Å². The second-order valence-corrected chi connectivity index (χ2v) is 4.02. The number of ketones is 1. The number of nitrogens with zero attached hydrogens (tertiary/aromatic N) is 1. The van der Waals surface area contributed by atoms with Gasteiger partial charge >= 0.3 is 5.97 Å². The van der Waals surface area contributed by atoms with E-state index in [0.717, 1.165) is 6.42 Å². The van der Waals surface area contributed by atoms with Crippen molar-refractivity contribution in [3.05, 3.63) is 0 Å². The molecule has 0 aliphatic carbocycles. The highest BCUT2D eigenvalue weighted by atomic mass is 32.2. The van der Waals surface area contributed by atoms with Crippen molar-refractivity contribution in [3.63, 3.8) is 0 Å². The second kappa shape index (κ2) is 5.80.